The van der Waals surface area contributed by atoms with Crippen LogP contribution in [0, 0.1) is 6.92 Å². The molecule has 1 atom stereocenters. The van der Waals surface area contributed by atoms with Gasteiger partial charge in [-0.25, -0.2) is 0 Å². The van der Waals surface area contributed by atoms with Gasteiger partial charge in [-0.2, -0.15) is 0 Å². The zero-order valence-electron chi connectivity index (χ0n) is 12.3. The number of nitrogens with one attached hydrogen (secondary N) is 1. The van der Waals surface area contributed by atoms with Crippen molar-refractivity contribution in [3.05, 3.63) is 47.3 Å². The van der Waals surface area contributed by atoms with Crippen molar-refractivity contribution in [2.45, 2.75) is 39.8 Å². The van der Waals surface area contributed by atoms with E-state index in [0.717, 1.165) is 30.2 Å². The van der Waals surface area contributed by atoms with E-state index in [-0.39, 0.29) is 6.04 Å². The molecule has 0 fully saturated rings. The molecule has 0 bridgehead atoms. The Kier molecular flexibility index (Phi) is 5.18. The molecular formula is C16H22N2O2. The first-order chi connectivity index (χ1) is 9.70. The second-order valence-corrected chi connectivity index (χ2v) is 4.93. The summed E-state index contributed by atoms with van der Waals surface area (Å²) in [5.41, 5.74) is 1.98. The second-order valence-electron chi connectivity index (χ2n) is 4.93. The maximum atomic E-state index is 5.88. The minimum absolute atomic E-state index is 0.269. The van der Waals surface area contributed by atoms with Crippen LogP contribution in [-0.4, -0.2) is 11.7 Å². The summed E-state index contributed by atoms with van der Waals surface area (Å²) in [4.78, 5) is 0. The molecule has 1 unspecified atom stereocenters. The van der Waals surface area contributed by atoms with E-state index < -0.39 is 0 Å². The Hall–Kier alpha value is -1.81. The molecular weight excluding hydrogens is 252 g/mol. The van der Waals surface area contributed by atoms with Gasteiger partial charge < -0.3 is 14.6 Å². The smallest absolute Gasteiger partial charge is 0.134 e. The van der Waals surface area contributed by atoms with Gasteiger partial charge >= 0.3 is 0 Å². The Labute approximate surface area is 120 Å². The molecule has 4 heteroatoms. The van der Waals surface area contributed by atoms with Crippen LogP contribution in [0.25, 0.3) is 0 Å². The van der Waals surface area contributed by atoms with Crippen molar-refractivity contribution >= 4 is 0 Å². The number of nitrogens with zero attached hydrogens (tertiary/aromatic N) is 1. The lowest BCUT2D eigenvalue weighted by atomic mass is 10.1. The molecule has 4 nitrogen and oxygen atoms in total. The summed E-state index contributed by atoms with van der Waals surface area (Å²) in [6.45, 7) is 7.61. The fourth-order valence-electron chi connectivity index (χ4n) is 2.08. The Morgan fingerprint density at radius 1 is 1.35 bits per heavy atom. The van der Waals surface area contributed by atoms with Crippen LogP contribution in [0.4, 0.5) is 0 Å². The van der Waals surface area contributed by atoms with Gasteiger partial charge in [0.25, 0.3) is 0 Å². The fourth-order valence-corrected chi connectivity index (χ4v) is 2.08. The molecule has 2 aromatic rings. The van der Waals surface area contributed by atoms with E-state index in [0.29, 0.717) is 6.61 Å². The van der Waals surface area contributed by atoms with Crippen LogP contribution in [0.5, 0.6) is 5.75 Å². The van der Waals surface area contributed by atoms with E-state index >= 15 is 0 Å². The van der Waals surface area contributed by atoms with Gasteiger partial charge in [0.1, 0.15) is 23.8 Å². The molecule has 0 aliphatic carbocycles. The summed E-state index contributed by atoms with van der Waals surface area (Å²) in [6, 6.07) is 10.3. The summed E-state index contributed by atoms with van der Waals surface area (Å²) < 4.78 is 10.9. The highest BCUT2D eigenvalue weighted by molar-refractivity contribution is 5.35. The fraction of sp³-hybridized carbons (Fsp3) is 0.438. The quantitative estimate of drug-likeness (QED) is 0.837. The maximum absolute atomic E-state index is 5.88. The average Bonchev–Trinajstić information content (AvgIpc) is 2.88. The van der Waals surface area contributed by atoms with E-state index in [4.69, 9.17) is 9.26 Å². The van der Waals surface area contributed by atoms with Gasteiger partial charge in [-0.3, -0.25) is 0 Å². The van der Waals surface area contributed by atoms with Crippen LogP contribution in [0.15, 0.2) is 34.9 Å². The van der Waals surface area contributed by atoms with Crippen molar-refractivity contribution in [2.24, 2.45) is 0 Å². The number of hydrogen-bond donors (Lipinski definition) is 1. The number of para-hydroxylation sites is 1. The standard InChI is InChI=1S/C16H22N2O2/c1-4-9-17-13(3)15-7-5-6-8-16(15)19-11-14-10-12(2)20-18-14/h5-8,10,13,17H,4,9,11H2,1-3H3. The highest BCUT2D eigenvalue weighted by atomic mass is 16.5. The normalized spacial score (nSPS) is 12.3. The number of rotatable bonds is 7. The first-order valence-corrected chi connectivity index (χ1v) is 7.08. The molecule has 1 aromatic heterocycles. The lowest BCUT2D eigenvalue weighted by Crippen LogP contribution is -2.20. The summed E-state index contributed by atoms with van der Waals surface area (Å²) in [5.74, 6) is 1.69. The van der Waals surface area contributed by atoms with Crippen molar-refractivity contribution in [3.8, 4) is 5.75 Å². The molecule has 1 N–H and O–H groups in total. The molecule has 0 aliphatic rings. The molecule has 1 heterocycles. The number of hydrogen-bond acceptors (Lipinski definition) is 4. The van der Waals surface area contributed by atoms with Gasteiger partial charge in [-0.1, -0.05) is 30.3 Å². The third-order valence-electron chi connectivity index (χ3n) is 3.14. The summed E-state index contributed by atoms with van der Waals surface area (Å²) in [5, 5.41) is 7.42. The SMILES string of the molecule is CCCNC(C)c1ccccc1OCc1cc(C)on1. The summed E-state index contributed by atoms with van der Waals surface area (Å²) >= 11 is 0. The van der Waals surface area contributed by atoms with Gasteiger partial charge in [0.15, 0.2) is 0 Å². The predicted octanol–water partition coefficient (Wildman–Crippen LogP) is 3.62. The van der Waals surface area contributed by atoms with Crippen LogP contribution >= 0.6 is 0 Å². The maximum Gasteiger partial charge on any atom is 0.134 e. The van der Waals surface area contributed by atoms with E-state index in [1.54, 1.807) is 0 Å². The average molecular weight is 274 g/mol. The number of aromatic nitrogens is 1. The Morgan fingerprint density at radius 2 is 2.15 bits per heavy atom. The molecule has 2 rings (SSSR count). The molecule has 1 aromatic carbocycles. The number of ether oxygens (including phenoxy) is 1. The van der Waals surface area contributed by atoms with Gasteiger partial charge in [-0.15, -0.1) is 0 Å². The Morgan fingerprint density at radius 3 is 2.85 bits per heavy atom. The van der Waals surface area contributed by atoms with Gasteiger partial charge in [-0.05, 0) is 32.9 Å². The second kappa shape index (κ2) is 7.10. The van der Waals surface area contributed by atoms with Crippen molar-refractivity contribution in [1.82, 2.24) is 10.5 Å². The zero-order chi connectivity index (χ0) is 14.4. The summed E-state index contributed by atoms with van der Waals surface area (Å²) in [6.07, 6.45) is 1.12. The van der Waals surface area contributed by atoms with Gasteiger partial charge in [0.2, 0.25) is 0 Å². The third-order valence-corrected chi connectivity index (χ3v) is 3.14. The molecule has 0 spiro atoms. The van der Waals surface area contributed by atoms with Gasteiger partial charge in [0, 0.05) is 17.7 Å². The van der Waals surface area contributed by atoms with Crippen LogP contribution in [0.3, 0.4) is 0 Å². The van der Waals surface area contributed by atoms with E-state index in [2.05, 4.69) is 30.4 Å². The van der Waals surface area contributed by atoms with E-state index in [1.165, 1.54) is 5.56 Å². The van der Waals surface area contributed by atoms with Crippen LogP contribution < -0.4 is 10.1 Å². The van der Waals surface area contributed by atoms with Crippen LogP contribution in [0.2, 0.25) is 0 Å². The Balaban J connectivity index is 2.03. The minimum Gasteiger partial charge on any atom is -0.487 e. The predicted molar refractivity (Wildman–Crippen MR) is 78.7 cm³/mol. The van der Waals surface area contributed by atoms with Crippen molar-refractivity contribution in [2.75, 3.05) is 6.54 Å². The van der Waals surface area contributed by atoms with Crippen molar-refractivity contribution in [1.29, 1.82) is 0 Å². The molecule has 108 valence electrons. The summed E-state index contributed by atoms with van der Waals surface area (Å²) in [7, 11) is 0. The van der Waals surface area contributed by atoms with Crippen LogP contribution in [0.1, 0.15) is 43.3 Å². The molecule has 0 amide bonds. The van der Waals surface area contributed by atoms with E-state index in [9.17, 15) is 0 Å². The third kappa shape index (κ3) is 3.84. The van der Waals surface area contributed by atoms with E-state index in [1.807, 2.05) is 31.2 Å². The highest BCUT2D eigenvalue weighted by Crippen LogP contribution is 2.25. The van der Waals surface area contributed by atoms with Crippen molar-refractivity contribution in [3.63, 3.8) is 0 Å². The Bertz CT molecular complexity index is 537. The molecule has 0 radical (unpaired) electrons. The molecule has 0 saturated carbocycles. The van der Waals surface area contributed by atoms with Gasteiger partial charge in [0.05, 0.1) is 0 Å². The van der Waals surface area contributed by atoms with Crippen molar-refractivity contribution < 1.29 is 9.26 Å². The first kappa shape index (κ1) is 14.6. The lowest BCUT2D eigenvalue weighted by molar-refractivity contribution is 0.283. The lowest BCUT2D eigenvalue weighted by Gasteiger charge is -2.17. The van der Waals surface area contributed by atoms with Crippen LogP contribution in [-0.2, 0) is 6.61 Å². The zero-order valence-corrected chi connectivity index (χ0v) is 12.3. The molecule has 0 aliphatic heterocycles. The molecule has 20 heavy (non-hydrogen) atoms. The first-order valence-electron chi connectivity index (χ1n) is 7.08. The molecule has 0 saturated heterocycles. The largest absolute Gasteiger partial charge is 0.487 e. The number of benzene rings is 1. The monoisotopic (exact) mass is 274 g/mol. The number of aryl methyl sites for hydroxylation is 1. The highest BCUT2D eigenvalue weighted by Gasteiger charge is 2.11. The topological polar surface area (TPSA) is 47.3 Å². The minimum atomic E-state index is 0.269.